The Morgan fingerprint density at radius 2 is 1.70 bits per heavy atom. The van der Waals surface area contributed by atoms with Crippen LogP contribution in [0.25, 0.3) is 0 Å². The molecular weight excluding hydrogens is 554 g/mol. The van der Waals surface area contributed by atoms with Crippen molar-refractivity contribution in [2.24, 2.45) is 0 Å². The Bertz CT molecular complexity index is 1410. The summed E-state index contributed by atoms with van der Waals surface area (Å²) in [6, 6.07) is 14.3. The molecule has 1 aromatic heterocycles. The number of thiophene rings is 1. The highest BCUT2D eigenvalue weighted by Gasteiger charge is 2.29. The molecule has 0 aliphatic carbocycles. The van der Waals surface area contributed by atoms with Gasteiger partial charge in [0.2, 0.25) is 15.9 Å². The molecule has 0 saturated heterocycles. The third-order valence-corrected chi connectivity index (χ3v) is 9.22. The maximum atomic E-state index is 13.7. The van der Waals surface area contributed by atoms with Crippen LogP contribution >= 0.6 is 11.3 Å². The molecule has 1 heterocycles. The summed E-state index contributed by atoms with van der Waals surface area (Å²) >= 11 is 1.59. The quantitative estimate of drug-likeness (QED) is 0.180. The summed E-state index contributed by atoms with van der Waals surface area (Å²) in [4.78, 5) is 27.8. The number of sulfonamides is 1. The third kappa shape index (κ3) is 8.03. The molecule has 3 rings (SSSR count). The first-order valence-electron chi connectivity index (χ1n) is 12.9. The number of nitro benzene ring substituents is 1. The minimum absolute atomic E-state index is 0.0900. The van der Waals surface area contributed by atoms with E-state index in [0.717, 1.165) is 33.9 Å². The number of carbonyl (C=O) groups is 1. The van der Waals surface area contributed by atoms with Gasteiger partial charge in [-0.05, 0) is 61.7 Å². The fourth-order valence-electron chi connectivity index (χ4n) is 4.11. The van der Waals surface area contributed by atoms with Crippen LogP contribution in [0.4, 0.5) is 5.69 Å². The van der Waals surface area contributed by atoms with Gasteiger partial charge in [-0.2, -0.15) is 4.31 Å². The van der Waals surface area contributed by atoms with Crippen molar-refractivity contribution in [2.75, 3.05) is 33.9 Å². The van der Waals surface area contributed by atoms with E-state index in [1.54, 1.807) is 30.5 Å². The number of hydrogen-bond acceptors (Lipinski definition) is 8. The Hall–Kier alpha value is -3.48. The van der Waals surface area contributed by atoms with Gasteiger partial charge in [0.05, 0.1) is 37.1 Å². The van der Waals surface area contributed by atoms with Crippen molar-refractivity contribution < 1.29 is 27.6 Å². The largest absolute Gasteiger partial charge is 0.493 e. The number of aryl methyl sites for hydroxylation is 1. The minimum Gasteiger partial charge on any atom is -0.493 e. The van der Waals surface area contributed by atoms with Crippen LogP contribution in [0, 0.1) is 17.0 Å². The second-order valence-corrected chi connectivity index (χ2v) is 12.5. The molecule has 10 nitrogen and oxygen atoms in total. The van der Waals surface area contributed by atoms with Gasteiger partial charge in [0.25, 0.3) is 5.69 Å². The fourth-order valence-corrected chi connectivity index (χ4v) is 6.44. The molecule has 0 spiro atoms. The maximum absolute atomic E-state index is 13.7. The number of methoxy groups -OCH3 is 2. The third-order valence-electron chi connectivity index (χ3n) is 6.37. The molecule has 0 N–H and O–H groups in total. The maximum Gasteiger partial charge on any atom is 0.269 e. The van der Waals surface area contributed by atoms with Gasteiger partial charge < -0.3 is 14.4 Å². The van der Waals surface area contributed by atoms with Crippen molar-refractivity contribution in [3.8, 4) is 11.5 Å². The van der Waals surface area contributed by atoms with E-state index in [-0.39, 0.29) is 29.6 Å². The SMILES string of the molecule is CCCCN(CC(=O)N(CCc1ccc(OC)c(OC)c1)Cc1ccc(C)s1)S(=O)(=O)c1ccc([N+](=O)[O-])cc1. The number of nitro groups is 1. The summed E-state index contributed by atoms with van der Waals surface area (Å²) in [7, 11) is -0.934. The van der Waals surface area contributed by atoms with Gasteiger partial charge in [0.1, 0.15) is 0 Å². The lowest BCUT2D eigenvalue weighted by atomic mass is 10.1. The van der Waals surface area contributed by atoms with Gasteiger partial charge >= 0.3 is 0 Å². The van der Waals surface area contributed by atoms with Crippen molar-refractivity contribution in [3.63, 3.8) is 0 Å². The molecule has 216 valence electrons. The van der Waals surface area contributed by atoms with Crippen LogP contribution in [0.3, 0.4) is 0 Å². The summed E-state index contributed by atoms with van der Waals surface area (Å²) in [6.07, 6.45) is 1.83. The van der Waals surface area contributed by atoms with Crippen molar-refractivity contribution in [1.82, 2.24) is 9.21 Å². The van der Waals surface area contributed by atoms with Crippen molar-refractivity contribution >= 4 is 33.0 Å². The molecular formula is C28H35N3O7S2. The van der Waals surface area contributed by atoms with Crippen LogP contribution < -0.4 is 9.47 Å². The minimum atomic E-state index is -4.06. The van der Waals surface area contributed by atoms with Crippen LogP contribution in [0.5, 0.6) is 11.5 Å². The van der Waals surface area contributed by atoms with E-state index >= 15 is 0 Å². The van der Waals surface area contributed by atoms with Crippen molar-refractivity contribution in [1.29, 1.82) is 0 Å². The Morgan fingerprint density at radius 1 is 1.00 bits per heavy atom. The first kappa shape index (κ1) is 31.1. The average Bonchev–Trinajstić information content (AvgIpc) is 3.37. The van der Waals surface area contributed by atoms with Gasteiger partial charge in [-0.25, -0.2) is 8.42 Å². The smallest absolute Gasteiger partial charge is 0.269 e. The Balaban J connectivity index is 1.85. The molecule has 2 aromatic carbocycles. The number of rotatable bonds is 15. The summed E-state index contributed by atoms with van der Waals surface area (Å²) in [6.45, 7) is 4.47. The molecule has 0 saturated carbocycles. The van der Waals surface area contributed by atoms with Gasteiger partial charge in [0, 0.05) is 35.0 Å². The lowest BCUT2D eigenvalue weighted by molar-refractivity contribution is -0.384. The highest BCUT2D eigenvalue weighted by Crippen LogP contribution is 2.28. The first-order chi connectivity index (χ1) is 19.1. The Kier molecular flexibility index (Phi) is 11.1. The number of non-ortho nitro benzene ring substituents is 1. The van der Waals surface area contributed by atoms with Gasteiger partial charge in [-0.1, -0.05) is 19.4 Å². The van der Waals surface area contributed by atoms with Crippen LogP contribution in [-0.2, 0) is 27.8 Å². The molecule has 0 atom stereocenters. The number of hydrogen-bond donors (Lipinski definition) is 0. The molecule has 0 unspecified atom stereocenters. The average molecular weight is 590 g/mol. The second kappa shape index (κ2) is 14.2. The number of nitrogens with zero attached hydrogens (tertiary/aromatic N) is 3. The molecule has 12 heteroatoms. The van der Waals surface area contributed by atoms with Crippen LogP contribution in [-0.4, -0.2) is 62.3 Å². The molecule has 0 bridgehead atoms. The number of ether oxygens (including phenoxy) is 2. The molecule has 0 aliphatic rings. The summed E-state index contributed by atoms with van der Waals surface area (Å²) in [5, 5.41) is 11.0. The van der Waals surface area contributed by atoms with Crippen LogP contribution in [0.1, 0.15) is 35.1 Å². The molecule has 0 fully saturated rings. The van der Waals surface area contributed by atoms with E-state index in [4.69, 9.17) is 9.47 Å². The van der Waals surface area contributed by atoms with E-state index in [0.29, 0.717) is 37.4 Å². The Morgan fingerprint density at radius 3 is 2.27 bits per heavy atom. The van der Waals surface area contributed by atoms with Gasteiger partial charge in [0.15, 0.2) is 11.5 Å². The van der Waals surface area contributed by atoms with E-state index in [9.17, 15) is 23.3 Å². The lowest BCUT2D eigenvalue weighted by Crippen LogP contribution is -2.43. The number of carbonyl (C=O) groups excluding carboxylic acids is 1. The van der Waals surface area contributed by atoms with Crippen molar-refractivity contribution in [2.45, 2.75) is 44.6 Å². The van der Waals surface area contributed by atoms with Gasteiger partial charge in [-0.15, -0.1) is 11.3 Å². The number of unbranched alkanes of at least 4 members (excludes halogenated alkanes) is 1. The standard InChI is InChI=1S/C28H35N3O7S2/c1-5-6-16-30(40(35,36)25-12-9-23(10-13-25)31(33)34)20-28(32)29(19-24-11-7-21(2)39-24)17-15-22-8-14-26(37-3)27(18-22)38-4/h7-14,18H,5-6,15-17,19-20H2,1-4H3. The Labute approximate surface area is 239 Å². The van der Waals surface area contributed by atoms with E-state index in [2.05, 4.69) is 0 Å². The monoisotopic (exact) mass is 589 g/mol. The lowest BCUT2D eigenvalue weighted by Gasteiger charge is -2.27. The molecule has 0 radical (unpaired) electrons. The number of amides is 1. The molecule has 3 aromatic rings. The topological polar surface area (TPSA) is 119 Å². The van der Waals surface area contributed by atoms with Crippen LogP contribution in [0.15, 0.2) is 59.5 Å². The zero-order chi connectivity index (χ0) is 29.3. The highest BCUT2D eigenvalue weighted by atomic mass is 32.2. The van der Waals surface area contributed by atoms with Gasteiger partial charge in [-0.3, -0.25) is 14.9 Å². The predicted octanol–water partition coefficient (Wildman–Crippen LogP) is 5.04. The van der Waals surface area contributed by atoms with E-state index < -0.39 is 14.9 Å². The van der Waals surface area contributed by atoms with E-state index in [1.807, 2.05) is 44.2 Å². The molecule has 1 amide bonds. The summed E-state index contributed by atoms with van der Waals surface area (Å²) in [5.74, 6) is 0.871. The number of benzene rings is 2. The molecule has 0 aliphatic heterocycles. The highest BCUT2D eigenvalue weighted by molar-refractivity contribution is 7.89. The predicted molar refractivity (Wildman–Crippen MR) is 154 cm³/mol. The fraction of sp³-hybridized carbons (Fsp3) is 0.393. The molecule has 40 heavy (non-hydrogen) atoms. The zero-order valence-electron chi connectivity index (χ0n) is 23.2. The second-order valence-electron chi connectivity index (χ2n) is 9.21. The van der Waals surface area contributed by atoms with Crippen LogP contribution in [0.2, 0.25) is 0 Å². The van der Waals surface area contributed by atoms with E-state index in [1.165, 1.54) is 16.4 Å². The summed E-state index contributed by atoms with van der Waals surface area (Å²) in [5.41, 5.74) is 0.738. The summed E-state index contributed by atoms with van der Waals surface area (Å²) < 4.78 is 38.9. The first-order valence-corrected chi connectivity index (χ1v) is 15.1. The van der Waals surface area contributed by atoms with Crippen molar-refractivity contribution in [3.05, 3.63) is 80.0 Å². The normalized spacial score (nSPS) is 11.4. The zero-order valence-corrected chi connectivity index (χ0v) is 24.8.